The lowest BCUT2D eigenvalue weighted by Gasteiger charge is -2.22. The number of nitrogens with one attached hydrogen (secondary N) is 2. The van der Waals surface area contributed by atoms with E-state index < -0.39 is 0 Å². The molecule has 0 bridgehead atoms. The first-order chi connectivity index (χ1) is 46.3. The van der Waals surface area contributed by atoms with Gasteiger partial charge in [-0.25, -0.2) is 9.36 Å². The van der Waals surface area contributed by atoms with E-state index in [-0.39, 0.29) is 19.2 Å². The maximum absolute atomic E-state index is 11.2. The number of hydrogen-bond donors (Lipinski definition) is 2. The van der Waals surface area contributed by atoms with Crippen molar-refractivity contribution in [2.24, 2.45) is 10.2 Å². The Balaban J connectivity index is 0.00000186. The van der Waals surface area contributed by atoms with Gasteiger partial charge in [0.2, 0.25) is 11.8 Å². The Morgan fingerprint density at radius 2 is 0.579 bits per heavy atom. The molecule has 2 rings (SSSR count). The summed E-state index contributed by atoms with van der Waals surface area (Å²) in [4.78, 5) is 32.1. The highest BCUT2D eigenvalue weighted by atomic mass is 16.6. The zero-order valence-corrected chi connectivity index (χ0v) is 56.5. The van der Waals surface area contributed by atoms with Crippen molar-refractivity contribution in [3.8, 4) is 0 Å². The van der Waals surface area contributed by atoms with E-state index in [0.29, 0.717) is 297 Å². The van der Waals surface area contributed by atoms with Crippen molar-refractivity contribution in [2.45, 2.75) is 47.2 Å². The molecule has 0 saturated heterocycles. The number of azide groups is 2. The summed E-state index contributed by atoms with van der Waals surface area (Å²) < 4.78 is 104. The molecule has 0 aliphatic carbocycles. The number of nitrogens with zero attached hydrogens (tertiary/aromatic N) is 14. The smallest absolute Gasteiger partial charge is 0.222 e. The van der Waals surface area contributed by atoms with E-state index in [2.05, 4.69) is 61.1 Å². The van der Waals surface area contributed by atoms with Crippen molar-refractivity contribution in [3.63, 3.8) is 0 Å². The van der Waals surface area contributed by atoms with Gasteiger partial charge in [0, 0.05) is 102 Å². The molecule has 0 fully saturated rings. The lowest BCUT2D eigenvalue weighted by Crippen LogP contribution is -2.34. The van der Waals surface area contributed by atoms with Gasteiger partial charge in [0.25, 0.3) is 0 Å². The van der Waals surface area contributed by atoms with Crippen LogP contribution in [0, 0.1) is 13.8 Å². The van der Waals surface area contributed by atoms with Gasteiger partial charge in [0.15, 0.2) is 0 Å². The van der Waals surface area contributed by atoms with Gasteiger partial charge >= 0.3 is 0 Å². The molecule has 552 valence electrons. The van der Waals surface area contributed by atoms with Crippen LogP contribution in [0.2, 0.25) is 0 Å². The number of carbonyl (C=O) groups excluding carboxylic acids is 2. The average molecular weight is 1370 g/mol. The summed E-state index contributed by atoms with van der Waals surface area (Å²) >= 11 is 0. The molecule has 2 N–H and O–H groups in total. The third-order valence-electron chi connectivity index (χ3n) is 12.3. The van der Waals surface area contributed by atoms with E-state index in [1.54, 1.807) is 23.5 Å². The van der Waals surface area contributed by atoms with Crippen LogP contribution in [-0.2, 0) is 108 Å². The minimum atomic E-state index is -0.0497. The fourth-order valence-corrected chi connectivity index (χ4v) is 7.29. The third-order valence-corrected chi connectivity index (χ3v) is 12.3. The van der Waals surface area contributed by atoms with Crippen LogP contribution in [0.4, 0.5) is 0 Å². The first-order valence-electron chi connectivity index (χ1n) is 32.3. The van der Waals surface area contributed by atoms with E-state index in [9.17, 15) is 9.59 Å². The van der Waals surface area contributed by atoms with Gasteiger partial charge in [-0.05, 0) is 24.9 Å². The second-order valence-electron chi connectivity index (χ2n) is 19.7. The second-order valence-corrected chi connectivity index (χ2v) is 19.7. The number of hydrogen-bond acceptors (Lipinski definition) is 28. The maximum atomic E-state index is 11.2. The van der Waals surface area contributed by atoms with Crippen molar-refractivity contribution in [2.75, 3.05) is 304 Å². The van der Waals surface area contributed by atoms with Gasteiger partial charge in [0.05, 0.1) is 262 Å². The molecule has 0 saturated carbocycles. The number of aromatic nitrogens is 6. The molecule has 2 heterocycles. The third kappa shape index (κ3) is 66.1. The fraction of sp³-hybridized carbons (Fsp3) is 0.898. The molecule has 0 aliphatic rings. The monoisotopic (exact) mass is 1370 g/mol. The molecule has 2 amide bonds. The Morgan fingerprint density at radius 3 is 0.789 bits per heavy atom. The highest BCUT2D eigenvalue weighted by Gasteiger charge is 2.09. The molecule has 36 nitrogen and oxygen atoms in total. The van der Waals surface area contributed by atoms with Crippen LogP contribution < -0.4 is 10.6 Å². The van der Waals surface area contributed by atoms with E-state index in [1.807, 2.05) is 26.2 Å². The molecule has 0 unspecified atom stereocenters. The van der Waals surface area contributed by atoms with Crippen molar-refractivity contribution < 1.29 is 94.9 Å². The van der Waals surface area contributed by atoms with Crippen molar-refractivity contribution in [1.82, 2.24) is 50.4 Å². The van der Waals surface area contributed by atoms with Gasteiger partial charge < -0.3 is 95.9 Å². The van der Waals surface area contributed by atoms with Gasteiger partial charge in [-0.2, -0.15) is 0 Å². The SMILES string of the molecule is C.CNC(=O)CCOCCOCCOCCN(CCOCCOCCOCCN=[N+]=[N-])CCOCCOCCOCCN=[N+]=[N-].CNC(=O)CCOCCOCCOCCN(CCOCCOCCOCCn1cc(C)nn1)CCOCCOCCOCCn1cc(C)nn1. The summed E-state index contributed by atoms with van der Waals surface area (Å²) in [6.07, 6.45) is 4.45. The minimum absolute atomic E-state index is 0. The normalized spacial score (nSPS) is 11.2. The van der Waals surface area contributed by atoms with Crippen LogP contribution in [0.5, 0.6) is 0 Å². The Kier molecular flexibility index (Phi) is 69.5. The summed E-state index contributed by atoms with van der Waals surface area (Å²) in [5.74, 6) is -0.0897. The van der Waals surface area contributed by atoms with Gasteiger partial charge in [-0.3, -0.25) is 19.4 Å². The predicted octanol–water partition coefficient (Wildman–Crippen LogP) is 1.60. The quantitative estimate of drug-likeness (QED) is 0.0411. The van der Waals surface area contributed by atoms with Crippen LogP contribution in [0.15, 0.2) is 22.6 Å². The van der Waals surface area contributed by atoms with Crippen molar-refractivity contribution in [1.29, 1.82) is 0 Å². The van der Waals surface area contributed by atoms with Gasteiger partial charge in [-0.15, -0.1) is 10.2 Å². The van der Waals surface area contributed by atoms with Crippen LogP contribution in [0.1, 0.15) is 31.7 Å². The number of rotatable bonds is 72. The van der Waals surface area contributed by atoms with Crippen LogP contribution in [0.25, 0.3) is 20.9 Å². The van der Waals surface area contributed by atoms with Crippen LogP contribution in [-0.4, -0.2) is 356 Å². The Morgan fingerprint density at radius 1 is 0.368 bits per heavy atom. The first-order valence-corrected chi connectivity index (χ1v) is 32.3. The summed E-state index contributed by atoms with van der Waals surface area (Å²) in [6, 6.07) is 0. The molecule has 2 aromatic rings. The zero-order chi connectivity index (χ0) is 67.8. The molecule has 0 atom stereocenters. The molecule has 2 aromatic heterocycles. The van der Waals surface area contributed by atoms with Crippen LogP contribution in [0.3, 0.4) is 0 Å². The van der Waals surface area contributed by atoms with E-state index in [4.69, 9.17) is 96.3 Å². The average Bonchev–Trinajstić information content (AvgIpc) is 3.58. The summed E-state index contributed by atoms with van der Waals surface area (Å²) in [6.45, 7) is 27.4. The summed E-state index contributed by atoms with van der Waals surface area (Å²) in [5.41, 5.74) is 18.2. The number of carbonyl (C=O) groups is 2. The predicted molar refractivity (Wildman–Crippen MR) is 349 cm³/mol. The lowest BCUT2D eigenvalue weighted by atomic mass is 10.4. The maximum Gasteiger partial charge on any atom is 0.222 e. The van der Waals surface area contributed by atoms with Gasteiger partial charge in [-0.1, -0.05) is 28.1 Å². The van der Waals surface area contributed by atoms with E-state index >= 15 is 0 Å². The van der Waals surface area contributed by atoms with Crippen molar-refractivity contribution >= 4 is 11.8 Å². The highest BCUT2D eigenvalue weighted by molar-refractivity contribution is 5.75. The molecule has 0 spiro atoms. The molecule has 0 radical (unpaired) electrons. The molecule has 0 aromatic carbocycles. The molecule has 95 heavy (non-hydrogen) atoms. The number of amides is 2. The highest BCUT2D eigenvalue weighted by Crippen LogP contribution is 1.98. The Bertz CT molecular complexity index is 1970. The summed E-state index contributed by atoms with van der Waals surface area (Å²) in [7, 11) is 3.20. The van der Waals surface area contributed by atoms with Gasteiger partial charge in [0.1, 0.15) is 0 Å². The lowest BCUT2D eigenvalue weighted by molar-refractivity contribution is -0.122. The summed E-state index contributed by atoms with van der Waals surface area (Å²) in [5, 5.41) is 27.8. The largest absolute Gasteiger partial charge is 0.379 e. The number of aryl methyl sites for hydroxylation is 2. The molecular weight excluding hydrogens is 1250 g/mol. The molecule has 0 aliphatic heterocycles. The molecular formula is C59H116N16O20. The Labute approximate surface area is 561 Å². The number of ether oxygens (including phenoxy) is 18. The fourth-order valence-electron chi connectivity index (χ4n) is 7.29. The first kappa shape index (κ1) is 90.0. The standard InChI is InChI=1S/C32H60N8O10.C26H52N8O10.CH4/c1-30-28-39(36-34-30)8-14-46-20-26-49-24-18-44-12-6-38(5-11-43-17-23-48-22-16-42-10-4-32(41)33-3)7-13-45-19-25-50-27-21-47-15-9-40-29-31(2)35-37-40;1-29-26(35)2-8-36-14-20-42-23-17-39-11-5-34(6-12-40-18-24-43-21-15-37-9-3-30-32-27)7-13-41-19-25-44-22-16-38-10-4-31-33-28;/h28-29H,4-27H2,1-3H3,(H,33,41);2-25H2,1H3,(H,29,35);1H4. The molecule has 36 heteroatoms. The second kappa shape index (κ2) is 73.3. The van der Waals surface area contributed by atoms with E-state index in [1.165, 1.54) is 0 Å². The van der Waals surface area contributed by atoms with Crippen molar-refractivity contribution in [3.05, 3.63) is 44.7 Å². The van der Waals surface area contributed by atoms with Crippen LogP contribution >= 0.6 is 0 Å². The minimum Gasteiger partial charge on any atom is -0.379 e. The Hall–Kier alpha value is -4.96. The van der Waals surface area contributed by atoms with E-state index in [0.717, 1.165) is 31.0 Å². The topological polar surface area (TPSA) is 390 Å². The zero-order valence-electron chi connectivity index (χ0n) is 56.5.